The number of hydrogen-bond donors (Lipinski definition) is 5. The highest BCUT2D eigenvalue weighted by atomic mass is 16.3. The molecular formula is C29H47N5O5. The molecule has 1 aromatic rings. The van der Waals surface area contributed by atoms with E-state index in [1.165, 1.54) is 16.1 Å². The van der Waals surface area contributed by atoms with Crippen molar-refractivity contribution >= 4 is 23.6 Å². The van der Waals surface area contributed by atoms with Crippen LogP contribution in [0.3, 0.4) is 0 Å². The molecule has 1 saturated heterocycles. The zero-order valence-electron chi connectivity index (χ0n) is 24.0. The molecule has 1 aromatic carbocycles. The fourth-order valence-electron chi connectivity index (χ4n) is 4.68. The molecule has 5 atom stereocenters. The molecule has 0 aliphatic carbocycles. The number of unbranched alkanes of at least 4 members (excludes halogenated alkanes) is 1. The van der Waals surface area contributed by atoms with Gasteiger partial charge in [0.05, 0.1) is 12.0 Å². The number of nitrogens with two attached hydrogens (primary N) is 1. The van der Waals surface area contributed by atoms with Crippen LogP contribution in [0.5, 0.6) is 0 Å². The summed E-state index contributed by atoms with van der Waals surface area (Å²) in [4.78, 5) is 50.3. The lowest BCUT2D eigenvalue weighted by molar-refractivity contribution is -0.143. The number of amides is 4. The second-order valence-corrected chi connectivity index (χ2v) is 11.0. The number of nitrogens with zero attached hydrogens (tertiary/aromatic N) is 1. The molecule has 0 aromatic heterocycles. The predicted octanol–water partition coefficient (Wildman–Crippen LogP) is 1.59. The summed E-state index contributed by atoms with van der Waals surface area (Å²) in [5.74, 6) is -2.76. The molecule has 10 nitrogen and oxygen atoms in total. The zero-order chi connectivity index (χ0) is 29.1. The van der Waals surface area contributed by atoms with Gasteiger partial charge in [-0.05, 0) is 62.5 Å². The third-order valence-corrected chi connectivity index (χ3v) is 7.38. The Balaban J connectivity index is 1.84. The van der Waals surface area contributed by atoms with Gasteiger partial charge in [-0.3, -0.25) is 24.2 Å². The molecular weight excluding hydrogens is 498 g/mol. The van der Waals surface area contributed by atoms with Crippen LogP contribution in [0.15, 0.2) is 24.3 Å². The number of hydrogen-bond acceptors (Lipinski definition) is 6. The van der Waals surface area contributed by atoms with Crippen molar-refractivity contribution in [2.45, 2.75) is 104 Å². The van der Waals surface area contributed by atoms with Crippen molar-refractivity contribution in [3.05, 3.63) is 35.4 Å². The van der Waals surface area contributed by atoms with Crippen LogP contribution >= 0.6 is 0 Å². The van der Waals surface area contributed by atoms with E-state index in [0.29, 0.717) is 25.8 Å². The molecule has 6 N–H and O–H groups in total. The standard InChI is InChI=1S/C29H47N5O5/c1-6-21-12-9-13-22(17-21)11-7-8-15-24(35)19(4)27(37)32-25(18(2)3)28(38)31-20(5)29(39)34-16-10-14-23(33-34)26(30)36/h9,12-13,17-20,23-25,33,35H,6-8,10-11,14-16H2,1-5H3,(H2,30,36)(H,31,38)(H,32,37). The first-order chi connectivity index (χ1) is 18.4. The van der Waals surface area contributed by atoms with Crippen molar-refractivity contribution in [3.63, 3.8) is 0 Å². The lowest BCUT2D eigenvalue weighted by atomic mass is 9.95. The quantitative estimate of drug-likeness (QED) is 0.224. The third-order valence-electron chi connectivity index (χ3n) is 7.38. The number of carbonyl (C=O) groups excluding carboxylic acids is 4. The van der Waals surface area contributed by atoms with Gasteiger partial charge >= 0.3 is 0 Å². The number of hydrazine groups is 1. The number of aryl methyl sites for hydroxylation is 2. The van der Waals surface area contributed by atoms with Crippen LogP contribution in [-0.4, -0.2) is 64.5 Å². The Labute approximate surface area is 232 Å². The summed E-state index contributed by atoms with van der Waals surface area (Å²) in [7, 11) is 0. The van der Waals surface area contributed by atoms with Gasteiger partial charge in [-0.1, -0.05) is 58.4 Å². The minimum Gasteiger partial charge on any atom is -0.392 e. The molecule has 4 amide bonds. The van der Waals surface area contributed by atoms with E-state index in [9.17, 15) is 24.3 Å². The highest BCUT2D eigenvalue weighted by Gasteiger charge is 2.33. The summed E-state index contributed by atoms with van der Waals surface area (Å²) in [6.07, 6.45) is 4.42. The van der Waals surface area contributed by atoms with Crippen molar-refractivity contribution in [3.8, 4) is 0 Å². The number of primary amides is 1. The van der Waals surface area contributed by atoms with Crippen LogP contribution < -0.4 is 21.8 Å². The maximum Gasteiger partial charge on any atom is 0.258 e. The molecule has 1 aliphatic heterocycles. The molecule has 2 rings (SSSR count). The zero-order valence-corrected chi connectivity index (χ0v) is 24.0. The first-order valence-electron chi connectivity index (χ1n) is 14.2. The number of aliphatic hydroxyl groups excluding tert-OH is 1. The molecule has 0 spiro atoms. The molecule has 1 fully saturated rings. The average molecular weight is 546 g/mol. The van der Waals surface area contributed by atoms with Gasteiger partial charge in [-0.25, -0.2) is 5.43 Å². The molecule has 10 heteroatoms. The van der Waals surface area contributed by atoms with Crippen molar-refractivity contribution in [2.24, 2.45) is 17.6 Å². The van der Waals surface area contributed by atoms with Crippen molar-refractivity contribution in [1.82, 2.24) is 21.1 Å². The Morgan fingerprint density at radius 1 is 1.08 bits per heavy atom. The Morgan fingerprint density at radius 3 is 2.41 bits per heavy atom. The van der Waals surface area contributed by atoms with E-state index in [2.05, 4.69) is 47.2 Å². The van der Waals surface area contributed by atoms with Gasteiger partial charge in [0.2, 0.25) is 17.7 Å². The third kappa shape index (κ3) is 9.93. The van der Waals surface area contributed by atoms with Crippen molar-refractivity contribution < 1.29 is 24.3 Å². The predicted molar refractivity (Wildman–Crippen MR) is 150 cm³/mol. The highest BCUT2D eigenvalue weighted by Crippen LogP contribution is 2.16. The van der Waals surface area contributed by atoms with E-state index >= 15 is 0 Å². The minimum absolute atomic E-state index is 0.244. The summed E-state index contributed by atoms with van der Waals surface area (Å²) in [6, 6.07) is 6.11. The molecule has 5 unspecified atom stereocenters. The van der Waals surface area contributed by atoms with Crippen LogP contribution in [0, 0.1) is 11.8 Å². The second kappa shape index (κ2) is 15.6. The molecule has 218 valence electrons. The Kier molecular flexibility index (Phi) is 12.9. The van der Waals surface area contributed by atoms with Crippen LogP contribution in [0.25, 0.3) is 0 Å². The van der Waals surface area contributed by atoms with E-state index in [4.69, 9.17) is 5.73 Å². The monoisotopic (exact) mass is 545 g/mol. The molecule has 1 heterocycles. The summed E-state index contributed by atoms with van der Waals surface area (Å²) in [6.45, 7) is 9.34. The summed E-state index contributed by atoms with van der Waals surface area (Å²) >= 11 is 0. The topological polar surface area (TPSA) is 154 Å². The number of carbonyl (C=O) groups is 4. The van der Waals surface area contributed by atoms with Crippen LogP contribution in [0.4, 0.5) is 0 Å². The minimum atomic E-state index is -0.879. The van der Waals surface area contributed by atoms with Gasteiger partial charge < -0.3 is 21.5 Å². The fourth-order valence-corrected chi connectivity index (χ4v) is 4.68. The number of rotatable bonds is 14. The van der Waals surface area contributed by atoms with E-state index in [0.717, 1.165) is 25.7 Å². The smallest absolute Gasteiger partial charge is 0.258 e. The second-order valence-electron chi connectivity index (χ2n) is 11.0. The maximum atomic E-state index is 13.0. The van der Waals surface area contributed by atoms with Gasteiger partial charge in [0.25, 0.3) is 5.91 Å². The normalized spacial score (nSPS) is 18.6. The van der Waals surface area contributed by atoms with E-state index in [-0.39, 0.29) is 5.92 Å². The summed E-state index contributed by atoms with van der Waals surface area (Å²) in [5, 5.41) is 17.4. The van der Waals surface area contributed by atoms with E-state index < -0.39 is 53.8 Å². The Morgan fingerprint density at radius 2 is 1.77 bits per heavy atom. The van der Waals surface area contributed by atoms with Crippen molar-refractivity contribution in [1.29, 1.82) is 0 Å². The maximum absolute atomic E-state index is 13.0. The SMILES string of the molecule is CCc1cccc(CCCCC(O)C(C)C(=O)NC(C(=O)NC(C)C(=O)N2CCCC(C(N)=O)N2)C(C)C)c1. The molecule has 0 saturated carbocycles. The van der Waals surface area contributed by atoms with Crippen LogP contribution in [-0.2, 0) is 32.0 Å². The van der Waals surface area contributed by atoms with Gasteiger partial charge in [0.1, 0.15) is 18.1 Å². The molecule has 39 heavy (non-hydrogen) atoms. The Bertz CT molecular complexity index is 985. The summed E-state index contributed by atoms with van der Waals surface area (Å²) in [5.41, 5.74) is 10.7. The number of benzene rings is 1. The van der Waals surface area contributed by atoms with Gasteiger partial charge in [0.15, 0.2) is 0 Å². The average Bonchev–Trinajstić information content (AvgIpc) is 2.92. The van der Waals surface area contributed by atoms with Gasteiger partial charge in [0, 0.05) is 6.54 Å². The molecule has 0 radical (unpaired) electrons. The Hall–Kier alpha value is -2.98. The lowest BCUT2D eigenvalue weighted by Crippen LogP contribution is -2.61. The van der Waals surface area contributed by atoms with E-state index in [1.807, 2.05) is 0 Å². The highest BCUT2D eigenvalue weighted by molar-refractivity contribution is 5.92. The molecule has 1 aliphatic rings. The van der Waals surface area contributed by atoms with E-state index in [1.54, 1.807) is 27.7 Å². The number of nitrogens with one attached hydrogen (secondary N) is 3. The molecule has 0 bridgehead atoms. The lowest BCUT2D eigenvalue weighted by Gasteiger charge is -2.34. The summed E-state index contributed by atoms with van der Waals surface area (Å²) < 4.78 is 0. The largest absolute Gasteiger partial charge is 0.392 e. The first kappa shape index (κ1) is 32.2. The van der Waals surface area contributed by atoms with Crippen molar-refractivity contribution in [2.75, 3.05) is 6.54 Å². The number of aliphatic hydroxyl groups is 1. The van der Waals surface area contributed by atoms with Gasteiger partial charge in [-0.2, -0.15) is 0 Å². The fraction of sp³-hybridized carbons (Fsp3) is 0.655. The van der Waals surface area contributed by atoms with Crippen LogP contribution in [0.2, 0.25) is 0 Å². The first-order valence-corrected chi connectivity index (χ1v) is 14.2. The van der Waals surface area contributed by atoms with Gasteiger partial charge in [-0.15, -0.1) is 0 Å². The van der Waals surface area contributed by atoms with Crippen LogP contribution in [0.1, 0.15) is 77.8 Å².